The number of para-hydroxylation sites is 2. The predicted octanol–water partition coefficient (Wildman–Crippen LogP) is 5.79. The Balaban J connectivity index is 0.00000144. The van der Waals surface area contributed by atoms with Gasteiger partial charge in [0.05, 0.1) is 0 Å². The molecule has 1 nitrogen and oxygen atoms in total. The van der Waals surface area contributed by atoms with Crippen LogP contribution in [-0.4, -0.2) is 4.57 Å². The molecule has 0 amide bonds. The van der Waals surface area contributed by atoms with Crippen LogP contribution in [0.15, 0.2) is 72.8 Å². The SMILES string of the molecule is C.Cc1cccc(Cn2c3ccccc3c3ccccc32)c1. The van der Waals surface area contributed by atoms with Crippen LogP contribution in [-0.2, 0) is 6.54 Å². The summed E-state index contributed by atoms with van der Waals surface area (Å²) in [5, 5.41) is 2.67. The lowest BCUT2D eigenvalue weighted by molar-refractivity contribution is 0.868. The molecule has 1 heterocycles. The van der Waals surface area contributed by atoms with E-state index in [2.05, 4.69) is 84.3 Å². The van der Waals surface area contributed by atoms with Gasteiger partial charge in [-0.15, -0.1) is 0 Å². The van der Waals surface area contributed by atoms with Crippen LogP contribution in [0.1, 0.15) is 18.6 Å². The highest BCUT2D eigenvalue weighted by atomic mass is 15.0. The van der Waals surface area contributed by atoms with Gasteiger partial charge in [0.15, 0.2) is 0 Å². The minimum atomic E-state index is 0. The van der Waals surface area contributed by atoms with Gasteiger partial charge < -0.3 is 4.57 Å². The van der Waals surface area contributed by atoms with E-state index < -0.39 is 0 Å². The number of aryl methyl sites for hydroxylation is 1. The molecule has 0 aliphatic carbocycles. The van der Waals surface area contributed by atoms with Crippen molar-refractivity contribution >= 4 is 21.8 Å². The first kappa shape index (κ1) is 14.4. The molecule has 1 heteroatoms. The minimum absolute atomic E-state index is 0. The van der Waals surface area contributed by atoms with Gasteiger partial charge in [-0.25, -0.2) is 0 Å². The fraction of sp³-hybridized carbons (Fsp3) is 0.143. The fourth-order valence-electron chi connectivity index (χ4n) is 3.17. The number of aromatic nitrogens is 1. The highest BCUT2D eigenvalue weighted by molar-refractivity contribution is 6.08. The zero-order valence-electron chi connectivity index (χ0n) is 12.1. The minimum Gasteiger partial charge on any atom is -0.336 e. The van der Waals surface area contributed by atoms with Crippen molar-refractivity contribution in [1.82, 2.24) is 4.57 Å². The summed E-state index contributed by atoms with van der Waals surface area (Å²) in [7, 11) is 0. The highest BCUT2D eigenvalue weighted by Gasteiger charge is 2.09. The number of rotatable bonds is 2. The molecule has 1 aromatic heterocycles. The van der Waals surface area contributed by atoms with Crippen molar-refractivity contribution < 1.29 is 0 Å². The number of hydrogen-bond donors (Lipinski definition) is 0. The zero-order chi connectivity index (χ0) is 14.2. The Morgan fingerprint density at radius 1 is 0.727 bits per heavy atom. The Morgan fingerprint density at radius 2 is 1.32 bits per heavy atom. The third-order valence-corrected chi connectivity index (χ3v) is 4.10. The molecule has 4 aromatic rings. The second-order valence-electron chi connectivity index (χ2n) is 5.61. The van der Waals surface area contributed by atoms with Crippen molar-refractivity contribution in [1.29, 1.82) is 0 Å². The number of fused-ring (bicyclic) bond motifs is 3. The van der Waals surface area contributed by atoms with Crippen molar-refractivity contribution in [3.63, 3.8) is 0 Å². The lowest BCUT2D eigenvalue weighted by atomic mass is 10.1. The number of hydrogen-bond acceptors (Lipinski definition) is 0. The molecule has 0 aliphatic heterocycles. The van der Waals surface area contributed by atoms with Gasteiger partial charge in [0.2, 0.25) is 0 Å². The molecular weight excluding hydrogens is 266 g/mol. The Bertz CT molecular complexity index is 878. The van der Waals surface area contributed by atoms with Gasteiger partial charge >= 0.3 is 0 Å². The maximum absolute atomic E-state index is 2.42. The highest BCUT2D eigenvalue weighted by Crippen LogP contribution is 2.29. The Labute approximate surface area is 131 Å². The summed E-state index contributed by atoms with van der Waals surface area (Å²) in [5.41, 5.74) is 5.27. The molecule has 3 aromatic carbocycles. The van der Waals surface area contributed by atoms with Crippen molar-refractivity contribution in [3.8, 4) is 0 Å². The Kier molecular flexibility index (Phi) is 3.72. The summed E-state index contributed by atoms with van der Waals surface area (Å²) in [6.07, 6.45) is 0. The van der Waals surface area contributed by atoms with Crippen LogP contribution in [0.2, 0.25) is 0 Å². The Hall–Kier alpha value is -2.54. The lowest BCUT2D eigenvalue weighted by Crippen LogP contribution is -1.99. The van der Waals surface area contributed by atoms with Crippen LogP contribution in [0.3, 0.4) is 0 Å². The van der Waals surface area contributed by atoms with Gasteiger partial charge in [0, 0.05) is 28.4 Å². The molecule has 0 bridgehead atoms. The van der Waals surface area contributed by atoms with Crippen LogP contribution in [0, 0.1) is 6.92 Å². The van der Waals surface area contributed by atoms with Gasteiger partial charge in [-0.05, 0) is 24.6 Å². The maximum atomic E-state index is 2.42. The monoisotopic (exact) mass is 287 g/mol. The molecule has 4 rings (SSSR count). The summed E-state index contributed by atoms with van der Waals surface area (Å²) in [4.78, 5) is 0. The summed E-state index contributed by atoms with van der Waals surface area (Å²) in [6, 6.07) is 26.1. The molecule has 0 saturated carbocycles. The third kappa shape index (κ3) is 2.29. The average Bonchev–Trinajstić information content (AvgIpc) is 2.83. The first-order valence-electron chi connectivity index (χ1n) is 7.34. The normalized spacial score (nSPS) is 10.8. The predicted molar refractivity (Wildman–Crippen MR) is 96.5 cm³/mol. The van der Waals surface area contributed by atoms with Crippen molar-refractivity contribution in [2.45, 2.75) is 20.9 Å². The molecule has 0 N–H and O–H groups in total. The molecule has 0 saturated heterocycles. The zero-order valence-corrected chi connectivity index (χ0v) is 12.1. The van der Waals surface area contributed by atoms with Crippen molar-refractivity contribution in [3.05, 3.63) is 83.9 Å². The third-order valence-electron chi connectivity index (χ3n) is 4.10. The van der Waals surface area contributed by atoms with Crippen LogP contribution >= 0.6 is 0 Å². The maximum Gasteiger partial charge on any atom is 0.0494 e. The summed E-state index contributed by atoms with van der Waals surface area (Å²) in [5.74, 6) is 0. The van der Waals surface area contributed by atoms with E-state index in [9.17, 15) is 0 Å². The molecule has 0 fully saturated rings. The summed E-state index contributed by atoms with van der Waals surface area (Å²) < 4.78 is 2.42. The molecule has 0 atom stereocenters. The molecule has 0 unspecified atom stereocenters. The fourth-order valence-corrected chi connectivity index (χ4v) is 3.17. The summed E-state index contributed by atoms with van der Waals surface area (Å²) >= 11 is 0. The van der Waals surface area contributed by atoms with Crippen molar-refractivity contribution in [2.24, 2.45) is 0 Å². The van der Waals surface area contributed by atoms with E-state index in [1.807, 2.05) is 0 Å². The van der Waals surface area contributed by atoms with Gasteiger partial charge in [-0.1, -0.05) is 73.7 Å². The van der Waals surface area contributed by atoms with Crippen LogP contribution in [0.4, 0.5) is 0 Å². The standard InChI is InChI=1S/C20H17N.CH4/c1-15-7-6-8-16(13-15)14-21-19-11-4-2-9-17(19)18-10-3-5-12-20(18)21;/h2-13H,14H2,1H3;1H4. The Morgan fingerprint density at radius 3 is 1.91 bits per heavy atom. The smallest absolute Gasteiger partial charge is 0.0494 e. The first-order valence-corrected chi connectivity index (χ1v) is 7.34. The van der Waals surface area contributed by atoms with Crippen LogP contribution < -0.4 is 0 Å². The van der Waals surface area contributed by atoms with E-state index >= 15 is 0 Å². The second-order valence-corrected chi connectivity index (χ2v) is 5.61. The van der Waals surface area contributed by atoms with Crippen molar-refractivity contribution in [2.75, 3.05) is 0 Å². The molecule has 22 heavy (non-hydrogen) atoms. The quantitative estimate of drug-likeness (QED) is 0.440. The van der Waals surface area contributed by atoms with E-state index in [0.717, 1.165) is 6.54 Å². The number of benzene rings is 3. The van der Waals surface area contributed by atoms with E-state index in [4.69, 9.17) is 0 Å². The topological polar surface area (TPSA) is 4.93 Å². The number of nitrogens with zero attached hydrogens (tertiary/aromatic N) is 1. The van der Waals surface area contributed by atoms with E-state index in [0.29, 0.717) is 0 Å². The first-order chi connectivity index (χ1) is 10.3. The van der Waals surface area contributed by atoms with Gasteiger partial charge in [-0.2, -0.15) is 0 Å². The molecule has 0 radical (unpaired) electrons. The van der Waals surface area contributed by atoms with Crippen LogP contribution in [0.25, 0.3) is 21.8 Å². The largest absolute Gasteiger partial charge is 0.336 e. The lowest BCUT2D eigenvalue weighted by Gasteiger charge is -2.08. The van der Waals surface area contributed by atoms with Gasteiger partial charge in [0.1, 0.15) is 0 Å². The van der Waals surface area contributed by atoms with E-state index in [1.165, 1.54) is 32.9 Å². The molecular formula is C21H21N. The average molecular weight is 287 g/mol. The van der Waals surface area contributed by atoms with Gasteiger partial charge in [0.25, 0.3) is 0 Å². The second kappa shape index (κ2) is 5.69. The molecule has 0 aliphatic rings. The molecule has 110 valence electrons. The van der Waals surface area contributed by atoms with E-state index in [-0.39, 0.29) is 7.43 Å². The van der Waals surface area contributed by atoms with Crippen LogP contribution in [0.5, 0.6) is 0 Å². The van der Waals surface area contributed by atoms with E-state index in [1.54, 1.807) is 0 Å². The molecule has 0 spiro atoms. The summed E-state index contributed by atoms with van der Waals surface area (Å²) in [6.45, 7) is 3.06. The van der Waals surface area contributed by atoms with Gasteiger partial charge in [-0.3, -0.25) is 0 Å².